The van der Waals surface area contributed by atoms with Crippen LogP contribution in [-0.4, -0.2) is 0 Å². The molecule has 2 aliphatic carbocycles. The molecule has 0 saturated heterocycles. The molecule has 0 bridgehead atoms. The second-order valence-electron chi connectivity index (χ2n) is 12.1. The van der Waals surface area contributed by atoms with Gasteiger partial charge in [-0.05, 0) is 113 Å². The maximum atomic E-state index is 4.58. The van der Waals surface area contributed by atoms with Gasteiger partial charge < -0.3 is 0 Å². The zero-order valence-corrected chi connectivity index (χ0v) is 23.5. The minimum absolute atomic E-state index is 0.473. The number of hydrogen-bond acceptors (Lipinski definition) is 0. The van der Waals surface area contributed by atoms with Gasteiger partial charge in [-0.3, -0.25) is 0 Å². The van der Waals surface area contributed by atoms with E-state index in [1.807, 2.05) is 0 Å². The smallest absolute Gasteiger partial charge is 0.0146 e. The second-order valence-corrected chi connectivity index (χ2v) is 12.1. The van der Waals surface area contributed by atoms with Crippen molar-refractivity contribution >= 4 is 0 Å². The molecule has 188 valence electrons. The summed E-state index contributed by atoms with van der Waals surface area (Å²) in [6, 6.07) is 0. The number of allylic oxidation sites excluding steroid dienone is 7. The van der Waals surface area contributed by atoms with E-state index in [0.29, 0.717) is 10.8 Å². The Balaban J connectivity index is 1.92. The fourth-order valence-electron chi connectivity index (χ4n) is 7.22. The van der Waals surface area contributed by atoms with Crippen molar-refractivity contribution in [3.8, 4) is 0 Å². The summed E-state index contributed by atoms with van der Waals surface area (Å²) in [6.07, 6.45) is 25.4. The lowest BCUT2D eigenvalue weighted by molar-refractivity contribution is -0.0537. The van der Waals surface area contributed by atoms with E-state index in [9.17, 15) is 0 Å². The van der Waals surface area contributed by atoms with Crippen LogP contribution in [0.25, 0.3) is 0 Å². The fraction of sp³-hybridized carbons (Fsp3) is 0.758. The van der Waals surface area contributed by atoms with Gasteiger partial charge in [0.1, 0.15) is 0 Å². The van der Waals surface area contributed by atoms with E-state index < -0.39 is 0 Å². The Bertz CT molecular complexity index is 712. The molecule has 0 amide bonds. The van der Waals surface area contributed by atoms with Crippen LogP contribution in [-0.2, 0) is 0 Å². The minimum atomic E-state index is 0.473. The number of fused-ring (bicyclic) bond motifs is 1. The van der Waals surface area contributed by atoms with Crippen molar-refractivity contribution in [3.05, 3.63) is 47.1 Å². The average molecular weight is 453 g/mol. The maximum absolute atomic E-state index is 4.58. The van der Waals surface area contributed by atoms with Crippen LogP contribution < -0.4 is 0 Å². The summed E-state index contributed by atoms with van der Waals surface area (Å²) in [5.74, 6) is 1.59. The van der Waals surface area contributed by atoms with E-state index in [2.05, 4.69) is 73.3 Å². The Morgan fingerprint density at radius 2 is 1.48 bits per heavy atom. The van der Waals surface area contributed by atoms with Crippen LogP contribution in [0.3, 0.4) is 0 Å². The average Bonchev–Trinajstić information content (AvgIpc) is 2.77. The second kappa shape index (κ2) is 13.2. The van der Waals surface area contributed by atoms with E-state index in [1.54, 1.807) is 16.7 Å². The van der Waals surface area contributed by atoms with Gasteiger partial charge in [0.15, 0.2) is 0 Å². The summed E-state index contributed by atoms with van der Waals surface area (Å²) >= 11 is 0. The minimum Gasteiger partial charge on any atom is -0.0996 e. The van der Waals surface area contributed by atoms with Crippen molar-refractivity contribution in [2.45, 2.75) is 138 Å². The molecule has 0 N–H and O–H groups in total. The van der Waals surface area contributed by atoms with Crippen molar-refractivity contribution in [2.24, 2.45) is 22.7 Å². The normalized spacial score (nSPS) is 28.7. The van der Waals surface area contributed by atoms with Gasteiger partial charge in [0.25, 0.3) is 0 Å². The highest BCUT2D eigenvalue weighted by Gasteiger charge is 2.52. The fourth-order valence-corrected chi connectivity index (χ4v) is 7.22. The number of hydrogen-bond donors (Lipinski definition) is 0. The van der Waals surface area contributed by atoms with Crippen molar-refractivity contribution in [3.63, 3.8) is 0 Å². The lowest BCUT2D eigenvalue weighted by Crippen LogP contribution is -2.49. The van der Waals surface area contributed by atoms with Gasteiger partial charge in [-0.1, -0.05) is 95.1 Å². The molecule has 2 fully saturated rings. The SMILES string of the molecule is C=C1CCC2C(C)(C)CCCC2(C)C1CC/C=C(\CC)CC/C=C(\CC)CC/C=C(\C)CC. The third-order valence-electron chi connectivity index (χ3n) is 9.53. The molecule has 0 heteroatoms. The summed E-state index contributed by atoms with van der Waals surface area (Å²) in [4.78, 5) is 0. The van der Waals surface area contributed by atoms with Crippen LogP contribution in [0.2, 0.25) is 0 Å². The molecule has 2 saturated carbocycles. The Labute approximate surface area is 208 Å². The molecule has 0 aliphatic heterocycles. The summed E-state index contributed by atoms with van der Waals surface area (Å²) < 4.78 is 0. The van der Waals surface area contributed by atoms with E-state index in [-0.39, 0.29) is 0 Å². The van der Waals surface area contributed by atoms with E-state index >= 15 is 0 Å². The van der Waals surface area contributed by atoms with Gasteiger partial charge >= 0.3 is 0 Å². The van der Waals surface area contributed by atoms with Gasteiger partial charge in [-0.15, -0.1) is 0 Å². The quantitative estimate of drug-likeness (QED) is 0.258. The molecule has 2 rings (SSSR count). The highest BCUT2D eigenvalue weighted by atomic mass is 14.6. The molecule has 3 unspecified atom stereocenters. The first-order valence-electron chi connectivity index (χ1n) is 14.4. The van der Waals surface area contributed by atoms with Crippen molar-refractivity contribution in [1.82, 2.24) is 0 Å². The maximum Gasteiger partial charge on any atom is -0.0146 e. The molecule has 0 nitrogen and oxygen atoms in total. The predicted molar refractivity (Wildman–Crippen MR) is 150 cm³/mol. The van der Waals surface area contributed by atoms with Crippen molar-refractivity contribution < 1.29 is 0 Å². The number of rotatable bonds is 12. The van der Waals surface area contributed by atoms with Crippen LogP contribution in [0, 0.1) is 22.7 Å². The largest absolute Gasteiger partial charge is 0.0996 e. The van der Waals surface area contributed by atoms with E-state index in [0.717, 1.165) is 11.8 Å². The third-order valence-corrected chi connectivity index (χ3v) is 9.53. The highest BCUT2D eigenvalue weighted by Crippen LogP contribution is 2.61. The van der Waals surface area contributed by atoms with Crippen molar-refractivity contribution in [2.75, 3.05) is 0 Å². The molecule has 0 aromatic carbocycles. The van der Waals surface area contributed by atoms with E-state index in [4.69, 9.17) is 0 Å². The first kappa shape index (κ1) is 28.2. The molecule has 0 aromatic heterocycles. The first-order chi connectivity index (χ1) is 15.7. The summed E-state index contributed by atoms with van der Waals surface area (Å²) in [5, 5.41) is 0. The molecule has 3 atom stereocenters. The zero-order chi connectivity index (χ0) is 24.5. The van der Waals surface area contributed by atoms with Crippen molar-refractivity contribution in [1.29, 1.82) is 0 Å². The lowest BCUT2D eigenvalue weighted by atomic mass is 9.47. The summed E-state index contributed by atoms with van der Waals surface area (Å²) in [5.41, 5.74) is 7.37. The van der Waals surface area contributed by atoms with Crippen LogP contribution in [0.15, 0.2) is 47.1 Å². The molecule has 2 aliphatic rings. The summed E-state index contributed by atoms with van der Waals surface area (Å²) in [6.45, 7) is 21.4. The molecule has 0 aromatic rings. The zero-order valence-electron chi connectivity index (χ0n) is 23.5. The lowest BCUT2D eigenvalue weighted by Gasteiger charge is -2.58. The predicted octanol–water partition coefficient (Wildman–Crippen LogP) is 11.2. The molecule has 0 heterocycles. The van der Waals surface area contributed by atoms with Crippen LogP contribution in [0.1, 0.15) is 138 Å². The van der Waals surface area contributed by atoms with Gasteiger partial charge in [0, 0.05) is 0 Å². The van der Waals surface area contributed by atoms with Gasteiger partial charge in [0.2, 0.25) is 0 Å². The Morgan fingerprint density at radius 1 is 0.879 bits per heavy atom. The van der Waals surface area contributed by atoms with E-state index in [1.165, 1.54) is 95.5 Å². The Hall–Kier alpha value is -1.04. The van der Waals surface area contributed by atoms with Crippen LogP contribution in [0.5, 0.6) is 0 Å². The molecule has 0 spiro atoms. The highest BCUT2D eigenvalue weighted by molar-refractivity contribution is 5.16. The van der Waals surface area contributed by atoms with Gasteiger partial charge in [0.05, 0.1) is 0 Å². The van der Waals surface area contributed by atoms with Crippen LogP contribution in [0.4, 0.5) is 0 Å². The molecular weight excluding hydrogens is 396 g/mol. The third kappa shape index (κ3) is 7.73. The Kier molecular flexibility index (Phi) is 11.2. The van der Waals surface area contributed by atoms with Crippen LogP contribution >= 0.6 is 0 Å². The Morgan fingerprint density at radius 3 is 2.09 bits per heavy atom. The summed E-state index contributed by atoms with van der Waals surface area (Å²) in [7, 11) is 0. The molecule has 0 radical (unpaired) electrons. The molecular formula is C33H56. The standard InChI is InChI=1S/C33H56/c1-9-26(4)16-12-17-28(10-2)18-13-19-29(11-3)20-14-21-30-27(5)22-23-31-32(6,7)24-15-25-33(30,31)8/h16,18,20,30-31H,5,9-15,17,19,21-25H2,1-4,6-8H3/b26-16+,28-18+,29-20+. The molecule has 33 heavy (non-hydrogen) atoms. The first-order valence-corrected chi connectivity index (χ1v) is 14.4. The van der Waals surface area contributed by atoms with Gasteiger partial charge in [-0.2, -0.15) is 0 Å². The topological polar surface area (TPSA) is 0 Å². The monoisotopic (exact) mass is 452 g/mol. The van der Waals surface area contributed by atoms with Gasteiger partial charge in [-0.25, -0.2) is 0 Å².